The van der Waals surface area contributed by atoms with Gasteiger partial charge in [-0.05, 0) is 31.0 Å². The van der Waals surface area contributed by atoms with Crippen molar-refractivity contribution in [2.75, 3.05) is 6.61 Å². The molecule has 0 aromatic heterocycles. The van der Waals surface area contributed by atoms with Crippen LogP contribution in [0.2, 0.25) is 0 Å². The summed E-state index contributed by atoms with van der Waals surface area (Å²) in [6.07, 6.45) is 0.137. The molecular weight excluding hydrogens is 218 g/mol. The van der Waals surface area contributed by atoms with E-state index in [1.54, 1.807) is 18.2 Å². The average molecular weight is 235 g/mol. The standard InChI is InChI=1S/C13H17NO3/c1-3-11(8-14)17-12-6-5-10(9-15)7-13(12)16-4-2/h5-7,11,15H,3-4,9H2,1-2H3. The lowest BCUT2D eigenvalue weighted by Gasteiger charge is -2.15. The van der Waals surface area contributed by atoms with Crippen LogP contribution in [-0.2, 0) is 6.61 Å². The second-order valence-corrected chi connectivity index (χ2v) is 3.52. The van der Waals surface area contributed by atoms with E-state index in [0.717, 1.165) is 5.56 Å². The van der Waals surface area contributed by atoms with Crippen LogP contribution < -0.4 is 9.47 Å². The SMILES string of the molecule is CCOc1cc(CO)ccc1OC(C#N)CC. The van der Waals surface area contributed by atoms with E-state index < -0.39 is 6.10 Å². The van der Waals surface area contributed by atoms with Crippen LogP contribution >= 0.6 is 0 Å². The molecule has 1 aromatic carbocycles. The highest BCUT2D eigenvalue weighted by Gasteiger charge is 2.11. The summed E-state index contributed by atoms with van der Waals surface area (Å²) in [5.41, 5.74) is 0.755. The van der Waals surface area contributed by atoms with Crippen LogP contribution in [0.3, 0.4) is 0 Å². The Labute approximate surface area is 101 Å². The van der Waals surface area contributed by atoms with Crippen molar-refractivity contribution < 1.29 is 14.6 Å². The molecule has 0 fully saturated rings. The van der Waals surface area contributed by atoms with Crippen molar-refractivity contribution in [1.82, 2.24) is 0 Å². The number of ether oxygens (including phenoxy) is 2. The zero-order chi connectivity index (χ0) is 12.7. The van der Waals surface area contributed by atoms with Crippen LogP contribution in [0.25, 0.3) is 0 Å². The monoisotopic (exact) mass is 235 g/mol. The van der Waals surface area contributed by atoms with Gasteiger partial charge in [0.15, 0.2) is 17.6 Å². The van der Waals surface area contributed by atoms with Crippen LogP contribution in [0.5, 0.6) is 11.5 Å². The summed E-state index contributed by atoms with van der Waals surface area (Å²) in [7, 11) is 0. The quantitative estimate of drug-likeness (QED) is 0.821. The highest BCUT2D eigenvalue weighted by molar-refractivity contribution is 5.43. The average Bonchev–Trinajstić information content (AvgIpc) is 2.37. The number of hydrogen-bond acceptors (Lipinski definition) is 4. The van der Waals surface area contributed by atoms with Gasteiger partial charge in [-0.2, -0.15) is 5.26 Å². The third-order valence-corrected chi connectivity index (χ3v) is 2.27. The van der Waals surface area contributed by atoms with E-state index in [0.29, 0.717) is 24.5 Å². The number of aliphatic hydroxyl groups excluding tert-OH is 1. The molecule has 0 spiro atoms. The summed E-state index contributed by atoms with van der Waals surface area (Å²) >= 11 is 0. The molecule has 1 unspecified atom stereocenters. The Kier molecular flexibility index (Phi) is 5.31. The highest BCUT2D eigenvalue weighted by atomic mass is 16.5. The molecule has 0 aliphatic heterocycles. The Morgan fingerprint density at radius 3 is 2.65 bits per heavy atom. The predicted octanol–water partition coefficient (Wildman–Crippen LogP) is 2.26. The molecule has 1 rings (SSSR count). The van der Waals surface area contributed by atoms with Crippen molar-refractivity contribution in [3.05, 3.63) is 23.8 Å². The molecule has 1 atom stereocenters. The lowest BCUT2D eigenvalue weighted by Crippen LogP contribution is -2.13. The van der Waals surface area contributed by atoms with Gasteiger partial charge in [0.1, 0.15) is 6.07 Å². The van der Waals surface area contributed by atoms with E-state index in [2.05, 4.69) is 6.07 Å². The van der Waals surface area contributed by atoms with Crippen molar-refractivity contribution in [2.45, 2.75) is 33.0 Å². The summed E-state index contributed by atoms with van der Waals surface area (Å²) in [6.45, 7) is 4.22. The maximum absolute atomic E-state index is 9.05. The first kappa shape index (κ1) is 13.3. The van der Waals surface area contributed by atoms with Gasteiger partial charge in [-0.15, -0.1) is 0 Å². The van der Waals surface area contributed by atoms with Crippen LogP contribution in [-0.4, -0.2) is 17.8 Å². The largest absolute Gasteiger partial charge is 0.490 e. The molecular formula is C13H17NO3. The van der Waals surface area contributed by atoms with E-state index in [9.17, 15) is 0 Å². The normalized spacial score (nSPS) is 11.6. The van der Waals surface area contributed by atoms with E-state index in [-0.39, 0.29) is 6.61 Å². The number of rotatable bonds is 6. The topological polar surface area (TPSA) is 62.5 Å². The van der Waals surface area contributed by atoms with Gasteiger partial charge in [0.25, 0.3) is 0 Å². The fourth-order valence-electron chi connectivity index (χ4n) is 1.37. The van der Waals surface area contributed by atoms with Gasteiger partial charge in [-0.3, -0.25) is 0 Å². The third-order valence-electron chi connectivity index (χ3n) is 2.27. The molecule has 1 aromatic rings. The number of benzene rings is 1. The zero-order valence-electron chi connectivity index (χ0n) is 10.1. The molecule has 0 saturated carbocycles. The Morgan fingerprint density at radius 1 is 1.35 bits per heavy atom. The number of nitrogens with zero attached hydrogens (tertiary/aromatic N) is 1. The van der Waals surface area contributed by atoms with Gasteiger partial charge < -0.3 is 14.6 Å². The molecule has 4 heteroatoms. The fraction of sp³-hybridized carbons (Fsp3) is 0.462. The third kappa shape index (κ3) is 3.65. The molecule has 1 N–H and O–H groups in total. The van der Waals surface area contributed by atoms with Gasteiger partial charge in [0.05, 0.1) is 13.2 Å². The molecule has 0 heterocycles. The van der Waals surface area contributed by atoms with Gasteiger partial charge in [-0.25, -0.2) is 0 Å². The lowest BCUT2D eigenvalue weighted by molar-refractivity contribution is 0.230. The summed E-state index contributed by atoms with van der Waals surface area (Å²) in [4.78, 5) is 0. The summed E-state index contributed by atoms with van der Waals surface area (Å²) in [5, 5.41) is 17.9. The number of hydrogen-bond donors (Lipinski definition) is 1. The van der Waals surface area contributed by atoms with Crippen LogP contribution in [0.15, 0.2) is 18.2 Å². The van der Waals surface area contributed by atoms with Gasteiger partial charge >= 0.3 is 0 Å². The predicted molar refractivity (Wildman–Crippen MR) is 63.9 cm³/mol. The number of aliphatic hydroxyl groups is 1. The molecule has 0 aliphatic carbocycles. The van der Waals surface area contributed by atoms with Crippen molar-refractivity contribution >= 4 is 0 Å². The molecule has 0 amide bonds. The molecule has 0 bridgehead atoms. The summed E-state index contributed by atoms with van der Waals surface area (Å²) in [5.74, 6) is 1.10. The zero-order valence-corrected chi connectivity index (χ0v) is 10.1. The van der Waals surface area contributed by atoms with Crippen molar-refractivity contribution in [1.29, 1.82) is 5.26 Å². The van der Waals surface area contributed by atoms with Gasteiger partial charge in [0, 0.05) is 0 Å². The van der Waals surface area contributed by atoms with Crippen LogP contribution in [0.4, 0.5) is 0 Å². The molecule has 0 aliphatic rings. The van der Waals surface area contributed by atoms with E-state index >= 15 is 0 Å². The van der Waals surface area contributed by atoms with Crippen molar-refractivity contribution in [3.8, 4) is 17.6 Å². The Morgan fingerprint density at radius 2 is 2.12 bits per heavy atom. The smallest absolute Gasteiger partial charge is 0.184 e. The minimum absolute atomic E-state index is 0.0458. The Hall–Kier alpha value is -1.73. The van der Waals surface area contributed by atoms with Gasteiger partial charge in [-0.1, -0.05) is 13.0 Å². The molecule has 0 radical (unpaired) electrons. The highest BCUT2D eigenvalue weighted by Crippen LogP contribution is 2.29. The minimum Gasteiger partial charge on any atom is -0.490 e. The van der Waals surface area contributed by atoms with Crippen LogP contribution in [0, 0.1) is 11.3 Å². The summed E-state index contributed by atoms with van der Waals surface area (Å²) in [6, 6.07) is 7.27. The van der Waals surface area contributed by atoms with Gasteiger partial charge in [0.2, 0.25) is 0 Å². The Balaban J connectivity index is 2.93. The Bertz CT molecular complexity index is 398. The fourth-order valence-corrected chi connectivity index (χ4v) is 1.37. The molecule has 17 heavy (non-hydrogen) atoms. The second-order valence-electron chi connectivity index (χ2n) is 3.52. The second kappa shape index (κ2) is 6.77. The van der Waals surface area contributed by atoms with Crippen LogP contribution in [0.1, 0.15) is 25.8 Å². The lowest BCUT2D eigenvalue weighted by atomic mass is 10.2. The van der Waals surface area contributed by atoms with Crippen molar-refractivity contribution in [2.24, 2.45) is 0 Å². The minimum atomic E-state index is -0.478. The molecule has 4 nitrogen and oxygen atoms in total. The number of nitriles is 1. The first-order chi connectivity index (χ1) is 8.24. The first-order valence-electron chi connectivity index (χ1n) is 5.68. The van der Waals surface area contributed by atoms with E-state index in [1.165, 1.54) is 0 Å². The van der Waals surface area contributed by atoms with Crippen molar-refractivity contribution in [3.63, 3.8) is 0 Å². The van der Waals surface area contributed by atoms with E-state index in [4.69, 9.17) is 19.8 Å². The maximum atomic E-state index is 9.05. The molecule has 0 saturated heterocycles. The first-order valence-corrected chi connectivity index (χ1v) is 5.68. The summed E-state index contributed by atoms with van der Waals surface area (Å²) < 4.78 is 11.0. The molecule has 92 valence electrons. The maximum Gasteiger partial charge on any atom is 0.184 e. The van der Waals surface area contributed by atoms with E-state index in [1.807, 2.05) is 13.8 Å².